The van der Waals surface area contributed by atoms with Crippen LogP contribution in [-0.2, 0) is 16.6 Å². The Balaban J connectivity index is 1.75. The van der Waals surface area contributed by atoms with Crippen LogP contribution in [0.25, 0.3) is 0 Å². The number of hydrogen-bond donors (Lipinski definition) is 2. The maximum absolute atomic E-state index is 12.4. The van der Waals surface area contributed by atoms with Gasteiger partial charge in [0.1, 0.15) is 6.04 Å². The maximum atomic E-state index is 12.4. The van der Waals surface area contributed by atoms with Crippen LogP contribution in [0.2, 0.25) is 0 Å². The van der Waals surface area contributed by atoms with E-state index in [4.69, 9.17) is 0 Å². The lowest BCUT2D eigenvalue weighted by molar-refractivity contribution is -0.126. The molecular formula is C15H22N4O2S. The summed E-state index contributed by atoms with van der Waals surface area (Å²) in [6.45, 7) is 7.16. The molecule has 1 aliphatic carbocycles. The Hall–Kier alpha value is -1.63. The quantitative estimate of drug-likeness (QED) is 0.831. The predicted octanol–water partition coefficient (Wildman–Crippen LogP) is 2.11. The largest absolute Gasteiger partial charge is 0.353 e. The summed E-state index contributed by atoms with van der Waals surface area (Å²) in [6.07, 6.45) is 3.33. The van der Waals surface area contributed by atoms with Crippen LogP contribution in [0.5, 0.6) is 0 Å². The zero-order chi connectivity index (χ0) is 15.9. The summed E-state index contributed by atoms with van der Waals surface area (Å²) in [5, 5.41) is 6.27. The second kappa shape index (κ2) is 5.53. The number of carbonyl (C=O) groups excluding carboxylic acids is 2. The van der Waals surface area contributed by atoms with Gasteiger partial charge in [0.2, 0.25) is 5.91 Å². The molecule has 1 unspecified atom stereocenters. The van der Waals surface area contributed by atoms with Crippen LogP contribution in [0.3, 0.4) is 0 Å². The molecule has 0 spiro atoms. The van der Waals surface area contributed by atoms with E-state index in [9.17, 15) is 9.59 Å². The molecule has 1 atom stereocenters. The Morgan fingerprint density at radius 2 is 2.27 bits per heavy atom. The van der Waals surface area contributed by atoms with Crippen LogP contribution in [0.1, 0.15) is 44.2 Å². The summed E-state index contributed by atoms with van der Waals surface area (Å²) in [7, 11) is 0. The van der Waals surface area contributed by atoms with Gasteiger partial charge in [-0.3, -0.25) is 10.1 Å². The van der Waals surface area contributed by atoms with Gasteiger partial charge in [-0.05, 0) is 26.2 Å². The monoisotopic (exact) mass is 322 g/mol. The zero-order valence-electron chi connectivity index (χ0n) is 13.2. The summed E-state index contributed by atoms with van der Waals surface area (Å²) in [5.74, 6) is -0.110. The molecule has 22 heavy (non-hydrogen) atoms. The number of thiazole rings is 1. The number of piperazine rings is 1. The third-order valence-electron chi connectivity index (χ3n) is 4.52. The Morgan fingerprint density at radius 3 is 3.00 bits per heavy atom. The molecule has 0 saturated carbocycles. The number of aromatic nitrogens is 1. The second-order valence-electron chi connectivity index (χ2n) is 6.62. The highest BCUT2D eigenvalue weighted by atomic mass is 32.1. The lowest BCUT2D eigenvalue weighted by atomic mass is 9.79. The van der Waals surface area contributed by atoms with Crippen molar-refractivity contribution in [2.45, 2.75) is 51.5 Å². The average molecular weight is 322 g/mol. The minimum Gasteiger partial charge on any atom is -0.353 e. The van der Waals surface area contributed by atoms with Crippen molar-refractivity contribution in [3.8, 4) is 0 Å². The van der Waals surface area contributed by atoms with Crippen molar-refractivity contribution in [2.24, 2.45) is 0 Å². The molecular weight excluding hydrogens is 300 g/mol. The van der Waals surface area contributed by atoms with Gasteiger partial charge in [0.25, 0.3) is 0 Å². The number of urea groups is 1. The summed E-state index contributed by atoms with van der Waals surface area (Å²) < 4.78 is 0. The summed E-state index contributed by atoms with van der Waals surface area (Å²) in [6, 6.07) is -0.689. The molecule has 2 aliphatic rings. The molecule has 1 saturated heterocycles. The van der Waals surface area contributed by atoms with E-state index in [1.54, 1.807) is 23.2 Å². The van der Waals surface area contributed by atoms with Gasteiger partial charge in [-0.25, -0.2) is 9.78 Å². The van der Waals surface area contributed by atoms with Crippen LogP contribution < -0.4 is 10.6 Å². The van der Waals surface area contributed by atoms with E-state index < -0.39 is 6.04 Å². The lowest BCUT2D eigenvalue weighted by Crippen LogP contribution is -2.56. The molecule has 1 aromatic rings. The van der Waals surface area contributed by atoms with Gasteiger partial charge in [0, 0.05) is 23.4 Å². The number of aryl methyl sites for hydroxylation is 1. The second-order valence-corrected chi connectivity index (χ2v) is 7.70. The van der Waals surface area contributed by atoms with Crippen molar-refractivity contribution in [3.63, 3.8) is 0 Å². The van der Waals surface area contributed by atoms with Gasteiger partial charge in [-0.15, -0.1) is 11.3 Å². The van der Waals surface area contributed by atoms with Gasteiger partial charge in [-0.1, -0.05) is 13.8 Å². The first kappa shape index (κ1) is 15.3. The van der Waals surface area contributed by atoms with Crippen molar-refractivity contribution < 1.29 is 9.59 Å². The van der Waals surface area contributed by atoms with Gasteiger partial charge in [0.05, 0.1) is 5.69 Å². The first-order valence-corrected chi connectivity index (χ1v) is 8.55. The fourth-order valence-corrected chi connectivity index (χ4v) is 4.31. The summed E-state index contributed by atoms with van der Waals surface area (Å²) in [5.41, 5.74) is 1.19. The molecule has 7 heteroatoms. The van der Waals surface area contributed by atoms with Crippen LogP contribution >= 0.6 is 11.3 Å². The number of nitrogens with one attached hydrogen (secondary N) is 2. The first-order valence-electron chi connectivity index (χ1n) is 7.74. The zero-order valence-corrected chi connectivity index (χ0v) is 14.0. The molecule has 3 rings (SSSR count). The third kappa shape index (κ3) is 2.69. The fraction of sp³-hybridized carbons (Fsp3) is 0.667. The molecule has 0 radical (unpaired) electrons. The summed E-state index contributed by atoms with van der Waals surface area (Å²) >= 11 is 1.56. The Kier molecular flexibility index (Phi) is 3.84. The number of fused-ring (bicyclic) bond motifs is 1. The van der Waals surface area contributed by atoms with E-state index in [2.05, 4.69) is 29.5 Å². The van der Waals surface area contributed by atoms with Crippen molar-refractivity contribution in [1.29, 1.82) is 0 Å². The van der Waals surface area contributed by atoms with Gasteiger partial charge in [0.15, 0.2) is 5.13 Å². The van der Waals surface area contributed by atoms with Crippen LogP contribution in [0.15, 0.2) is 0 Å². The van der Waals surface area contributed by atoms with E-state index in [0.29, 0.717) is 18.2 Å². The molecule has 0 aromatic carbocycles. The highest BCUT2D eigenvalue weighted by molar-refractivity contribution is 7.15. The van der Waals surface area contributed by atoms with E-state index in [0.717, 1.165) is 18.5 Å². The molecule has 1 aliphatic heterocycles. The smallest absolute Gasteiger partial charge is 0.324 e. The molecule has 0 bridgehead atoms. The summed E-state index contributed by atoms with van der Waals surface area (Å²) in [4.78, 5) is 31.5. The van der Waals surface area contributed by atoms with Gasteiger partial charge >= 0.3 is 6.03 Å². The number of carbonyl (C=O) groups is 2. The lowest BCUT2D eigenvalue weighted by Gasteiger charge is -2.32. The van der Waals surface area contributed by atoms with Gasteiger partial charge in [-0.2, -0.15) is 0 Å². The average Bonchev–Trinajstić information content (AvgIpc) is 2.85. The topological polar surface area (TPSA) is 74.3 Å². The fourth-order valence-electron chi connectivity index (χ4n) is 3.14. The Morgan fingerprint density at radius 1 is 1.50 bits per heavy atom. The molecule has 3 amide bonds. The number of hydrogen-bond acceptors (Lipinski definition) is 4. The third-order valence-corrected chi connectivity index (χ3v) is 5.55. The van der Waals surface area contributed by atoms with E-state index >= 15 is 0 Å². The molecule has 1 fully saturated rings. The SMILES string of the molecule is CC1C(=O)NCCN1C(=O)Nc1nc2c(s1)CCCC2(C)C. The minimum atomic E-state index is -0.445. The van der Waals surface area contributed by atoms with Crippen molar-refractivity contribution >= 4 is 28.4 Å². The van der Waals surface area contributed by atoms with E-state index in [-0.39, 0.29) is 17.4 Å². The number of anilines is 1. The number of rotatable bonds is 1. The van der Waals surface area contributed by atoms with Crippen LogP contribution in [-0.4, -0.2) is 41.0 Å². The van der Waals surface area contributed by atoms with Gasteiger partial charge < -0.3 is 10.2 Å². The van der Waals surface area contributed by atoms with Crippen molar-refractivity contribution in [3.05, 3.63) is 10.6 Å². The van der Waals surface area contributed by atoms with Crippen LogP contribution in [0, 0.1) is 0 Å². The highest BCUT2D eigenvalue weighted by Gasteiger charge is 2.33. The number of amides is 3. The molecule has 6 nitrogen and oxygen atoms in total. The van der Waals surface area contributed by atoms with Crippen molar-refractivity contribution in [1.82, 2.24) is 15.2 Å². The normalized spacial score (nSPS) is 23.7. The Bertz CT molecular complexity index is 611. The van der Waals surface area contributed by atoms with E-state index in [1.165, 1.54) is 11.3 Å². The number of nitrogens with zero attached hydrogens (tertiary/aromatic N) is 2. The predicted molar refractivity (Wildman–Crippen MR) is 86.3 cm³/mol. The first-order chi connectivity index (χ1) is 10.4. The van der Waals surface area contributed by atoms with E-state index in [1.807, 2.05) is 0 Å². The minimum absolute atomic E-state index is 0.0748. The van der Waals surface area contributed by atoms with Crippen LogP contribution in [0.4, 0.5) is 9.93 Å². The highest BCUT2D eigenvalue weighted by Crippen LogP contribution is 2.40. The molecule has 120 valence electrons. The standard InChI is InChI=1S/C15H22N4O2S/c1-9-12(20)16-7-8-19(9)14(21)18-13-17-11-10(22-13)5-4-6-15(11,2)3/h9H,4-8H2,1-3H3,(H,16,20)(H,17,18,21). The molecule has 1 aromatic heterocycles. The molecule has 2 N–H and O–H groups in total. The Labute approximate surface area is 134 Å². The van der Waals surface area contributed by atoms with Crippen molar-refractivity contribution in [2.75, 3.05) is 18.4 Å². The molecule has 2 heterocycles. The maximum Gasteiger partial charge on any atom is 0.324 e.